The van der Waals surface area contributed by atoms with E-state index >= 15 is 0 Å². The van der Waals surface area contributed by atoms with Crippen LogP contribution in [0, 0.1) is 0 Å². The summed E-state index contributed by atoms with van der Waals surface area (Å²) in [6.07, 6.45) is 2.77. The lowest BCUT2D eigenvalue weighted by Gasteiger charge is -2.15. The van der Waals surface area contributed by atoms with E-state index in [1.54, 1.807) is 35.5 Å². The van der Waals surface area contributed by atoms with Crippen molar-refractivity contribution in [3.05, 3.63) is 46.4 Å². The van der Waals surface area contributed by atoms with Crippen LogP contribution in [0.1, 0.15) is 28.7 Å². The summed E-state index contributed by atoms with van der Waals surface area (Å²) in [7, 11) is 1.80. The highest BCUT2D eigenvalue weighted by atomic mass is 32.1. The largest absolute Gasteiger partial charge is 0.384 e. The molecule has 0 aliphatic carbocycles. The highest BCUT2D eigenvalue weighted by Gasteiger charge is 2.13. The molecule has 0 bridgehead atoms. The number of nitrogens with one attached hydrogen (secondary N) is 1. The van der Waals surface area contributed by atoms with E-state index in [9.17, 15) is 4.79 Å². The fourth-order valence-corrected chi connectivity index (χ4v) is 2.56. The molecule has 2 aromatic heterocycles. The number of thiophene rings is 1. The van der Waals surface area contributed by atoms with Gasteiger partial charge in [0.25, 0.3) is 5.91 Å². The molecule has 0 unspecified atom stereocenters. The number of anilines is 1. The second-order valence-electron chi connectivity index (χ2n) is 4.60. The first-order valence-corrected chi connectivity index (χ1v) is 7.56. The van der Waals surface area contributed by atoms with E-state index < -0.39 is 0 Å². The summed E-state index contributed by atoms with van der Waals surface area (Å²) >= 11 is 1.65. The van der Waals surface area contributed by atoms with E-state index in [4.69, 9.17) is 0 Å². The summed E-state index contributed by atoms with van der Waals surface area (Å²) in [4.78, 5) is 19.3. The van der Waals surface area contributed by atoms with Crippen LogP contribution in [0.4, 0.5) is 5.69 Å². The van der Waals surface area contributed by atoms with E-state index in [0.717, 1.165) is 18.7 Å². The van der Waals surface area contributed by atoms with Crippen molar-refractivity contribution in [3.63, 3.8) is 0 Å². The van der Waals surface area contributed by atoms with Gasteiger partial charge in [-0.1, -0.05) is 13.0 Å². The number of nitrogens with zero attached hydrogens (tertiary/aromatic N) is 2. The van der Waals surface area contributed by atoms with Crippen molar-refractivity contribution in [2.24, 2.45) is 0 Å². The topological polar surface area (TPSA) is 45.2 Å². The maximum Gasteiger partial charge on any atom is 0.272 e. The van der Waals surface area contributed by atoms with Gasteiger partial charge >= 0.3 is 0 Å². The molecule has 1 amide bonds. The molecule has 2 heterocycles. The molecule has 4 nitrogen and oxygen atoms in total. The smallest absolute Gasteiger partial charge is 0.272 e. The van der Waals surface area contributed by atoms with Crippen LogP contribution in [-0.4, -0.2) is 29.4 Å². The predicted molar refractivity (Wildman–Crippen MR) is 83.1 cm³/mol. The maximum atomic E-state index is 12.2. The average Bonchev–Trinajstić information content (AvgIpc) is 2.97. The molecule has 2 rings (SSSR count). The Labute approximate surface area is 123 Å². The number of hydrogen-bond donors (Lipinski definition) is 1. The third-order valence-corrected chi connectivity index (χ3v) is 3.74. The van der Waals surface area contributed by atoms with Crippen molar-refractivity contribution < 1.29 is 4.79 Å². The SMILES string of the molecule is CCCNc1ccc(C(=O)N(C)Cc2cccs2)nc1. The first kappa shape index (κ1) is 14.5. The van der Waals surface area contributed by atoms with Crippen LogP contribution in [0.5, 0.6) is 0 Å². The Morgan fingerprint density at radius 1 is 1.40 bits per heavy atom. The van der Waals surface area contributed by atoms with Gasteiger partial charge in [-0.2, -0.15) is 0 Å². The van der Waals surface area contributed by atoms with Crippen molar-refractivity contribution in [3.8, 4) is 0 Å². The zero-order valence-corrected chi connectivity index (χ0v) is 12.6. The highest BCUT2D eigenvalue weighted by molar-refractivity contribution is 7.09. The Hall–Kier alpha value is -1.88. The van der Waals surface area contributed by atoms with Gasteiger partial charge in [0, 0.05) is 18.5 Å². The molecule has 1 N–H and O–H groups in total. The van der Waals surface area contributed by atoms with Crippen LogP contribution in [0.2, 0.25) is 0 Å². The van der Waals surface area contributed by atoms with Crippen molar-refractivity contribution in [1.82, 2.24) is 9.88 Å². The lowest BCUT2D eigenvalue weighted by molar-refractivity contribution is 0.0780. The third kappa shape index (κ3) is 3.81. The van der Waals surface area contributed by atoms with E-state index in [2.05, 4.69) is 17.2 Å². The van der Waals surface area contributed by atoms with Crippen LogP contribution >= 0.6 is 11.3 Å². The maximum absolute atomic E-state index is 12.2. The standard InChI is InChI=1S/C15H19N3OS/c1-3-8-16-12-6-7-14(17-10-12)15(19)18(2)11-13-5-4-9-20-13/h4-7,9-10,16H,3,8,11H2,1-2H3. The molecule has 0 aliphatic heterocycles. The van der Waals surface area contributed by atoms with Crippen LogP contribution in [0.3, 0.4) is 0 Å². The van der Waals surface area contributed by atoms with Gasteiger partial charge in [-0.05, 0) is 30.0 Å². The minimum Gasteiger partial charge on any atom is -0.384 e. The molecule has 2 aromatic rings. The number of carbonyl (C=O) groups is 1. The van der Waals surface area contributed by atoms with Crippen LogP contribution in [0.15, 0.2) is 35.8 Å². The second kappa shape index (κ2) is 7.05. The molecule has 5 heteroatoms. The monoisotopic (exact) mass is 289 g/mol. The minimum atomic E-state index is -0.0551. The number of amides is 1. The Morgan fingerprint density at radius 3 is 2.85 bits per heavy atom. The van der Waals surface area contributed by atoms with Gasteiger partial charge in [-0.15, -0.1) is 11.3 Å². The molecular weight excluding hydrogens is 270 g/mol. The molecule has 20 heavy (non-hydrogen) atoms. The van der Waals surface area contributed by atoms with Gasteiger partial charge in [0.15, 0.2) is 0 Å². The highest BCUT2D eigenvalue weighted by Crippen LogP contribution is 2.13. The van der Waals surface area contributed by atoms with Gasteiger partial charge in [0.05, 0.1) is 18.4 Å². The lowest BCUT2D eigenvalue weighted by atomic mass is 10.3. The van der Waals surface area contributed by atoms with Crippen LogP contribution in [-0.2, 0) is 6.54 Å². The number of hydrogen-bond acceptors (Lipinski definition) is 4. The molecular formula is C15H19N3OS. The number of aromatic nitrogens is 1. The Kier molecular flexibility index (Phi) is 5.12. The molecule has 0 aliphatic rings. The van der Waals surface area contributed by atoms with Crippen molar-refractivity contribution in [2.45, 2.75) is 19.9 Å². The molecule has 106 valence electrons. The number of pyridine rings is 1. The molecule has 0 radical (unpaired) electrons. The molecule has 0 atom stereocenters. The molecule has 0 aromatic carbocycles. The van der Waals surface area contributed by atoms with Crippen molar-refractivity contribution in [2.75, 3.05) is 18.9 Å². The van der Waals surface area contributed by atoms with Crippen molar-refractivity contribution >= 4 is 22.9 Å². The van der Waals surface area contributed by atoms with Gasteiger partial charge in [0.2, 0.25) is 0 Å². The van der Waals surface area contributed by atoms with Gasteiger partial charge in [-0.3, -0.25) is 4.79 Å². The fraction of sp³-hybridized carbons (Fsp3) is 0.333. The van der Waals surface area contributed by atoms with Crippen molar-refractivity contribution in [1.29, 1.82) is 0 Å². The average molecular weight is 289 g/mol. The van der Waals surface area contributed by atoms with Crippen LogP contribution in [0.25, 0.3) is 0 Å². The van der Waals surface area contributed by atoms with E-state index in [-0.39, 0.29) is 5.91 Å². The first-order valence-electron chi connectivity index (χ1n) is 6.68. The summed E-state index contributed by atoms with van der Waals surface area (Å²) < 4.78 is 0. The molecule has 0 fully saturated rings. The molecule has 0 saturated heterocycles. The lowest BCUT2D eigenvalue weighted by Crippen LogP contribution is -2.26. The van der Waals surface area contributed by atoms with E-state index in [1.807, 2.05) is 23.6 Å². The summed E-state index contributed by atoms with van der Waals surface area (Å²) in [5.74, 6) is -0.0551. The van der Waals surface area contributed by atoms with E-state index in [0.29, 0.717) is 12.2 Å². The number of rotatable bonds is 6. The Balaban J connectivity index is 1.97. The first-order chi connectivity index (χ1) is 9.70. The van der Waals surface area contributed by atoms with Gasteiger partial charge < -0.3 is 10.2 Å². The second-order valence-corrected chi connectivity index (χ2v) is 5.63. The summed E-state index contributed by atoms with van der Waals surface area (Å²) in [6.45, 7) is 3.64. The summed E-state index contributed by atoms with van der Waals surface area (Å²) in [5, 5.41) is 5.25. The minimum absolute atomic E-state index is 0.0551. The fourth-order valence-electron chi connectivity index (χ4n) is 1.80. The van der Waals surface area contributed by atoms with Gasteiger partial charge in [0.1, 0.15) is 5.69 Å². The molecule has 0 spiro atoms. The van der Waals surface area contributed by atoms with Gasteiger partial charge in [-0.25, -0.2) is 4.98 Å². The Morgan fingerprint density at radius 2 is 2.25 bits per heavy atom. The summed E-state index contributed by atoms with van der Waals surface area (Å²) in [5.41, 5.74) is 1.43. The Bertz CT molecular complexity index is 537. The zero-order valence-electron chi connectivity index (χ0n) is 11.8. The molecule has 0 saturated carbocycles. The third-order valence-electron chi connectivity index (χ3n) is 2.88. The quantitative estimate of drug-likeness (QED) is 0.888. The van der Waals surface area contributed by atoms with Crippen LogP contribution < -0.4 is 5.32 Å². The predicted octanol–water partition coefficient (Wildman–Crippen LogP) is 3.24. The van der Waals surface area contributed by atoms with E-state index in [1.165, 1.54) is 4.88 Å². The summed E-state index contributed by atoms with van der Waals surface area (Å²) in [6, 6.07) is 7.69. The zero-order chi connectivity index (χ0) is 14.4. The normalized spacial score (nSPS) is 10.3. The number of carbonyl (C=O) groups excluding carboxylic acids is 1.